The molecule has 3 rings (SSSR count). The van der Waals surface area contributed by atoms with Gasteiger partial charge in [-0.15, -0.1) is 0 Å². The number of rotatable bonds is 5. The Morgan fingerprint density at radius 1 is 1.21 bits per heavy atom. The minimum atomic E-state index is -0.390. The minimum Gasteiger partial charge on any atom is -0.493 e. The fourth-order valence-electron chi connectivity index (χ4n) is 2.62. The number of amides is 1. The van der Waals surface area contributed by atoms with Gasteiger partial charge in [-0.1, -0.05) is 30.7 Å². The summed E-state index contributed by atoms with van der Waals surface area (Å²) >= 11 is 6.36. The SMILES string of the molecule is CCCOc1c(Cl)cc([C@H]2NC(=O)c3ccccc3N2)cc1OC. The van der Waals surface area contributed by atoms with Crippen LogP contribution in [0.1, 0.15) is 35.4 Å². The summed E-state index contributed by atoms with van der Waals surface area (Å²) < 4.78 is 11.1. The highest BCUT2D eigenvalue weighted by Gasteiger charge is 2.26. The molecule has 0 aromatic heterocycles. The van der Waals surface area contributed by atoms with E-state index in [2.05, 4.69) is 10.6 Å². The lowest BCUT2D eigenvalue weighted by Gasteiger charge is -2.28. The van der Waals surface area contributed by atoms with Crippen LogP contribution in [0.25, 0.3) is 0 Å². The van der Waals surface area contributed by atoms with Gasteiger partial charge in [-0.25, -0.2) is 0 Å². The molecule has 1 amide bonds. The van der Waals surface area contributed by atoms with E-state index in [0.717, 1.165) is 17.7 Å². The molecule has 0 saturated heterocycles. The molecule has 1 atom stereocenters. The van der Waals surface area contributed by atoms with E-state index < -0.39 is 0 Å². The van der Waals surface area contributed by atoms with E-state index in [1.165, 1.54) is 0 Å². The second-order valence-corrected chi connectivity index (χ2v) is 5.89. The minimum absolute atomic E-state index is 0.129. The number of anilines is 1. The predicted octanol–water partition coefficient (Wildman–Crippen LogP) is 3.99. The quantitative estimate of drug-likeness (QED) is 0.859. The topological polar surface area (TPSA) is 59.6 Å². The monoisotopic (exact) mass is 346 g/mol. The Morgan fingerprint density at radius 2 is 2.00 bits per heavy atom. The van der Waals surface area contributed by atoms with Crippen molar-refractivity contribution < 1.29 is 14.3 Å². The summed E-state index contributed by atoms with van der Waals surface area (Å²) in [7, 11) is 1.57. The number of fused-ring (bicyclic) bond motifs is 1. The molecule has 0 fully saturated rings. The van der Waals surface area contributed by atoms with Crippen LogP contribution < -0.4 is 20.1 Å². The van der Waals surface area contributed by atoms with E-state index >= 15 is 0 Å². The lowest BCUT2D eigenvalue weighted by Crippen LogP contribution is -2.38. The van der Waals surface area contributed by atoms with Gasteiger partial charge in [-0.3, -0.25) is 4.79 Å². The molecule has 2 aromatic rings. The van der Waals surface area contributed by atoms with Crippen molar-refractivity contribution in [2.24, 2.45) is 0 Å². The maximum absolute atomic E-state index is 12.3. The third-order valence-electron chi connectivity index (χ3n) is 3.78. The van der Waals surface area contributed by atoms with Crippen molar-refractivity contribution in [1.29, 1.82) is 0 Å². The van der Waals surface area contributed by atoms with Gasteiger partial charge < -0.3 is 20.1 Å². The molecule has 1 aliphatic rings. The third-order valence-corrected chi connectivity index (χ3v) is 4.06. The molecule has 0 saturated carbocycles. The number of benzene rings is 2. The van der Waals surface area contributed by atoms with Gasteiger partial charge in [0.05, 0.1) is 24.3 Å². The molecular weight excluding hydrogens is 328 g/mol. The number of para-hydroxylation sites is 1. The van der Waals surface area contributed by atoms with Crippen molar-refractivity contribution in [1.82, 2.24) is 5.32 Å². The van der Waals surface area contributed by atoms with Crippen LogP contribution >= 0.6 is 11.6 Å². The number of carbonyl (C=O) groups is 1. The van der Waals surface area contributed by atoms with E-state index in [1.54, 1.807) is 19.2 Å². The van der Waals surface area contributed by atoms with Crippen molar-refractivity contribution in [3.05, 3.63) is 52.5 Å². The third kappa shape index (κ3) is 3.12. The highest BCUT2D eigenvalue weighted by Crippen LogP contribution is 2.39. The Bertz CT molecular complexity index is 764. The van der Waals surface area contributed by atoms with Gasteiger partial charge in [-0.2, -0.15) is 0 Å². The molecule has 6 heteroatoms. The van der Waals surface area contributed by atoms with Gasteiger partial charge in [0.2, 0.25) is 0 Å². The summed E-state index contributed by atoms with van der Waals surface area (Å²) in [5, 5.41) is 6.67. The summed E-state index contributed by atoms with van der Waals surface area (Å²) in [5.74, 6) is 0.934. The van der Waals surface area contributed by atoms with E-state index in [1.807, 2.05) is 31.2 Å². The van der Waals surface area contributed by atoms with Crippen LogP contribution in [-0.4, -0.2) is 19.6 Å². The van der Waals surface area contributed by atoms with E-state index in [-0.39, 0.29) is 12.1 Å². The van der Waals surface area contributed by atoms with Crippen molar-refractivity contribution in [2.75, 3.05) is 19.0 Å². The van der Waals surface area contributed by atoms with Crippen molar-refractivity contribution in [3.63, 3.8) is 0 Å². The molecule has 0 aliphatic carbocycles. The summed E-state index contributed by atoms with van der Waals surface area (Å²) in [6.07, 6.45) is 0.483. The lowest BCUT2D eigenvalue weighted by molar-refractivity contribution is 0.0935. The van der Waals surface area contributed by atoms with E-state index in [0.29, 0.717) is 28.7 Å². The van der Waals surface area contributed by atoms with E-state index in [4.69, 9.17) is 21.1 Å². The number of carbonyl (C=O) groups excluding carboxylic acids is 1. The molecule has 24 heavy (non-hydrogen) atoms. The fraction of sp³-hybridized carbons (Fsp3) is 0.278. The maximum Gasteiger partial charge on any atom is 0.255 e. The van der Waals surface area contributed by atoms with Gasteiger partial charge in [0.15, 0.2) is 11.5 Å². The van der Waals surface area contributed by atoms with Crippen LogP contribution in [0.15, 0.2) is 36.4 Å². The molecule has 1 aliphatic heterocycles. The molecule has 5 nitrogen and oxygen atoms in total. The Labute approximate surface area is 145 Å². The Morgan fingerprint density at radius 3 is 2.75 bits per heavy atom. The first-order chi connectivity index (χ1) is 11.6. The molecule has 2 aromatic carbocycles. The smallest absolute Gasteiger partial charge is 0.255 e. The zero-order valence-electron chi connectivity index (χ0n) is 13.6. The molecule has 0 spiro atoms. The number of methoxy groups -OCH3 is 1. The first-order valence-corrected chi connectivity index (χ1v) is 8.18. The number of hydrogen-bond donors (Lipinski definition) is 2. The van der Waals surface area contributed by atoms with Gasteiger partial charge in [0.1, 0.15) is 6.17 Å². The van der Waals surface area contributed by atoms with Crippen molar-refractivity contribution in [2.45, 2.75) is 19.5 Å². The average molecular weight is 347 g/mol. The van der Waals surface area contributed by atoms with Crippen LogP contribution in [0.4, 0.5) is 5.69 Å². The Kier molecular flexibility index (Phi) is 4.81. The van der Waals surface area contributed by atoms with Crippen LogP contribution in [0.2, 0.25) is 5.02 Å². The van der Waals surface area contributed by atoms with Crippen molar-refractivity contribution in [3.8, 4) is 11.5 Å². The number of ether oxygens (including phenoxy) is 2. The zero-order chi connectivity index (χ0) is 17.1. The summed E-state index contributed by atoms with van der Waals surface area (Å²) in [6.45, 7) is 2.58. The van der Waals surface area contributed by atoms with Gasteiger partial charge in [-0.05, 0) is 36.2 Å². The Balaban J connectivity index is 1.93. The van der Waals surface area contributed by atoms with Crippen molar-refractivity contribution >= 4 is 23.2 Å². The zero-order valence-corrected chi connectivity index (χ0v) is 14.3. The summed E-state index contributed by atoms with van der Waals surface area (Å²) in [5.41, 5.74) is 2.20. The highest BCUT2D eigenvalue weighted by molar-refractivity contribution is 6.32. The standard InChI is InChI=1S/C18H19ClN2O3/c1-3-8-24-16-13(19)9-11(10-15(16)23-2)17-20-14-7-5-4-6-12(14)18(22)21-17/h4-7,9-10,17,20H,3,8H2,1-2H3,(H,21,22)/t17-/m1/s1. The largest absolute Gasteiger partial charge is 0.493 e. The predicted molar refractivity (Wildman–Crippen MR) is 94.1 cm³/mol. The summed E-state index contributed by atoms with van der Waals surface area (Å²) in [4.78, 5) is 12.3. The van der Waals surface area contributed by atoms with E-state index in [9.17, 15) is 4.79 Å². The molecule has 0 unspecified atom stereocenters. The van der Waals surface area contributed by atoms with Gasteiger partial charge >= 0.3 is 0 Å². The van der Waals surface area contributed by atoms with Crippen LogP contribution in [0, 0.1) is 0 Å². The number of hydrogen-bond acceptors (Lipinski definition) is 4. The van der Waals surface area contributed by atoms with Crippen LogP contribution in [0.3, 0.4) is 0 Å². The maximum atomic E-state index is 12.3. The second kappa shape index (κ2) is 7.01. The second-order valence-electron chi connectivity index (χ2n) is 5.48. The molecule has 126 valence electrons. The molecule has 0 bridgehead atoms. The normalized spacial score (nSPS) is 16.0. The molecule has 0 radical (unpaired) electrons. The van der Waals surface area contributed by atoms with Gasteiger partial charge in [0, 0.05) is 5.69 Å². The molecule has 1 heterocycles. The number of halogens is 1. The molecular formula is C18H19ClN2O3. The first-order valence-electron chi connectivity index (χ1n) is 7.80. The van der Waals surface area contributed by atoms with Crippen LogP contribution in [-0.2, 0) is 0 Å². The Hall–Kier alpha value is -2.40. The average Bonchev–Trinajstić information content (AvgIpc) is 2.60. The highest BCUT2D eigenvalue weighted by atomic mass is 35.5. The fourth-order valence-corrected chi connectivity index (χ4v) is 2.90. The van der Waals surface area contributed by atoms with Crippen LogP contribution in [0.5, 0.6) is 11.5 Å². The van der Waals surface area contributed by atoms with Gasteiger partial charge in [0.25, 0.3) is 5.91 Å². The first kappa shape index (κ1) is 16.5. The number of nitrogens with one attached hydrogen (secondary N) is 2. The summed E-state index contributed by atoms with van der Waals surface area (Å²) in [6, 6.07) is 11.0. The lowest BCUT2D eigenvalue weighted by atomic mass is 10.1. The molecule has 2 N–H and O–H groups in total.